The first kappa shape index (κ1) is 24.1. The molecule has 0 unspecified atom stereocenters. The van der Waals surface area contributed by atoms with Crippen LogP contribution in [0.5, 0.6) is 0 Å². The van der Waals surface area contributed by atoms with E-state index in [0.29, 0.717) is 18.1 Å². The minimum absolute atomic E-state index is 0.0241. The summed E-state index contributed by atoms with van der Waals surface area (Å²) in [6, 6.07) is 0. The van der Waals surface area contributed by atoms with E-state index in [1.54, 1.807) is 13.0 Å². The van der Waals surface area contributed by atoms with Crippen LogP contribution in [0.4, 0.5) is 0 Å². The second-order valence-electron chi connectivity index (χ2n) is 10.3. The van der Waals surface area contributed by atoms with Crippen LogP contribution in [-0.2, 0) is 9.53 Å². The van der Waals surface area contributed by atoms with Gasteiger partial charge >= 0.3 is 5.97 Å². The van der Waals surface area contributed by atoms with Gasteiger partial charge in [-0.1, -0.05) is 38.0 Å². The van der Waals surface area contributed by atoms with Gasteiger partial charge in [0, 0.05) is 11.0 Å². The lowest BCUT2D eigenvalue weighted by Crippen LogP contribution is -2.59. The third-order valence-corrected chi connectivity index (χ3v) is 8.14. The monoisotopic (exact) mass is 406 g/mol. The van der Waals surface area contributed by atoms with Crippen molar-refractivity contribution in [1.29, 1.82) is 0 Å². The molecule has 2 saturated carbocycles. The molecule has 166 valence electrons. The topological polar surface area (TPSA) is 66.8 Å². The molecular weight excluding hydrogens is 364 g/mol. The van der Waals surface area contributed by atoms with Crippen molar-refractivity contribution >= 4 is 5.97 Å². The van der Waals surface area contributed by atoms with Crippen LogP contribution in [0.3, 0.4) is 0 Å². The number of rotatable bonds is 7. The largest absolute Gasteiger partial charge is 0.462 e. The molecule has 5 atom stereocenters. The van der Waals surface area contributed by atoms with Gasteiger partial charge in [-0.05, 0) is 83.5 Å². The Bertz CT molecular complexity index is 647. The van der Waals surface area contributed by atoms with Crippen molar-refractivity contribution in [2.45, 2.75) is 92.1 Å². The Balaban J connectivity index is 2.24. The van der Waals surface area contributed by atoms with Crippen molar-refractivity contribution in [2.24, 2.45) is 22.7 Å². The van der Waals surface area contributed by atoms with Gasteiger partial charge in [-0.2, -0.15) is 0 Å². The summed E-state index contributed by atoms with van der Waals surface area (Å²) < 4.78 is 5.74. The van der Waals surface area contributed by atoms with E-state index >= 15 is 0 Å². The predicted octanol–water partition coefficient (Wildman–Crippen LogP) is 5.19. The number of esters is 1. The molecule has 2 rings (SSSR count). The number of fused-ring (bicyclic) bond motifs is 1. The predicted molar refractivity (Wildman–Crippen MR) is 117 cm³/mol. The summed E-state index contributed by atoms with van der Waals surface area (Å²) in [6.45, 7) is 12.9. The van der Waals surface area contributed by atoms with E-state index in [0.717, 1.165) is 44.9 Å². The van der Waals surface area contributed by atoms with E-state index in [9.17, 15) is 15.0 Å². The summed E-state index contributed by atoms with van der Waals surface area (Å²) in [7, 11) is 0. The Labute approximate surface area is 177 Å². The molecule has 0 saturated heterocycles. The highest BCUT2D eigenvalue weighted by molar-refractivity contribution is 5.87. The maximum atomic E-state index is 12.2. The van der Waals surface area contributed by atoms with Crippen LogP contribution in [-0.4, -0.2) is 35.0 Å². The summed E-state index contributed by atoms with van der Waals surface area (Å²) in [5.41, 5.74) is 1.13. The van der Waals surface area contributed by atoms with Crippen LogP contribution < -0.4 is 0 Å². The molecule has 0 radical (unpaired) electrons. The molecule has 0 aromatic carbocycles. The van der Waals surface area contributed by atoms with Crippen LogP contribution >= 0.6 is 0 Å². The molecule has 0 bridgehead atoms. The zero-order chi connectivity index (χ0) is 21.9. The summed E-state index contributed by atoms with van der Waals surface area (Å²) in [6.07, 6.45) is 10.5. The smallest absolute Gasteiger partial charge is 0.333 e. The highest BCUT2D eigenvalue weighted by Gasteiger charge is 2.59. The second-order valence-corrected chi connectivity index (χ2v) is 10.3. The third kappa shape index (κ3) is 5.14. The van der Waals surface area contributed by atoms with Gasteiger partial charge in [0.05, 0.1) is 18.8 Å². The first-order chi connectivity index (χ1) is 13.5. The Hall–Kier alpha value is -1.13. The molecule has 2 aliphatic rings. The number of carbonyl (C=O) groups excluding carboxylic acids is 1. The molecule has 4 nitrogen and oxygen atoms in total. The van der Waals surface area contributed by atoms with E-state index in [1.165, 1.54) is 5.57 Å². The molecule has 29 heavy (non-hydrogen) atoms. The zero-order valence-corrected chi connectivity index (χ0v) is 19.4. The van der Waals surface area contributed by atoms with Crippen molar-refractivity contribution in [3.63, 3.8) is 0 Å². The van der Waals surface area contributed by atoms with Crippen molar-refractivity contribution in [1.82, 2.24) is 0 Å². The maximum Gasteiger partial charge on any atom is 0.333 e. The number of hydrogen-bond donors (Lipinski definition) is 2. The molecule has 2 aliphatic carbocycles. The summed E-state index contributed by atoms with van der Waals surface area (Å²) >= 11 is 0. The van der Waals surface area contributed by atoms with Crippen LogP contribution in [0, 0.1) is 22.7 Å². The molecule has 0 amide bonds. The van der Waals surface area contributed by atoms with Crippen molar-refractivity contribution < 1.29 is 19.7 Å². The summed E-state index contributed by atoms with van der Waals surface area (Å²) in [5, 5.41) is 20.5. The maximum absolute atomic E-state index is 12.2. The highest BCUT2D eigenvalue weighted by atomic mass is 16.5. The first-order valence-corrected chi connectivity index (χ1v) is 11.3. The average Bonchev–Trinajstić information content (AvgIpc) is 2.64. The van der Waals surface area contributed by atoms with Crippen molar-refractivity contribution in [3.8, 4) is 0 Å². The number of aliphatic hydroxyl groups excluding tert-OH is 1. The standard InChI is InChI=1S/C25H42O4/c1-7-19(3)22(27)29-17-23(4)13-8-14-24(5)20(23)11-15-25(6,28)21(24)10-9-18(2)12-16-26/h7,12,20-21,26,28H,8-11,13-17H2,1-6H3/b18-12+,19-7-/t20-,21+,23-,24-,25+/m1/s1. The lowest BCUT2D eigenvalue weighted by Gasteiger charge is -2.61. The average molecular weight is 407 g/mol. The van der Waals surface area contributed by atoms with Crippen molar-refractivity contribution in [3.05, 3.63) is 23.3 Å². The van der Waals surface area contributed by atoms with Crippen LogP contribution in [0.1, 0.15) is 86.5 Å². The normalized spacial score (nSPS) is 38.5. The number of ether oxygens (including phenoxy) is 1. The fourth-order valence-electron chi connectivity index (χ4n) is 6.34. The van der Waals surface area contributed by atoms with Gasteiger partial charge < -0.3 is 14.9 Å². The van der Waals surface area contributed by atoms with E-state index in [2.05, 4.69) is 20.8 Å². The quantitative estimate of drug-likeness (QED) is 0.347. The van der Waals surface area contributed by atoms with E-state index < -0.39 is 5.60 Å². The van der Waals surface area contributed by atoms with Gasteiger partial charge in [-0.3, -0.25) is 0 Å². The highest BCUT2D eigenvalue weighted by Crippen LogP contribution is 2.63. The molecule has 0 spiro atoms. The second kappa shape index (κ2) is 9.34. The van der Waals surface area contributed by atoms with Gasteiger partial charge in [0.15, 0.2) is 0 Å². The first-order valence-electron chi connectivity index (χ1n) is 11.3. The Morgan fingerprint density at radius 2 is 1.86 bits per heavy atom. The number of carbonyl (C=O) groups is 1. The molecular formula is C25H42O4. The van der Waals surface area contributed by atoms with Crippen molar-refractivity contribution in [2.75, 3.05) is 13.2 Å². The molecule has 0 aliphatic heterocycles. The fraction of sp³-hybridized carbons (Fsp3) is 0.800. The van der Waals surface area contributed by atoms with Gasteiger partial charge in [0.25, 0.3) is 0 Å². The molecule has 2 fully saturated rings. The summed E-state index contributed by atoms with van der Waals surface area (Å²) in [5.74, 6) is 0.406. The van der Waals surface area contributed by atoms with E-state index in [1.807, 2.05) is 19.9 Å². The Kier molecular flexibility index (Phi) is 7.78. The van der Waals surface area contributed by atoms with Crippen LogP contribution in [0.25, 0.3) is 0 Å². The van der Waals surface area contributed by atoms with Crippen LogP contribution in [0.2, 0.25) is 0 Å². The Morgan fingerprint density at radius 1 is 1.17 bits per heavy atom. The number of allylic oxidation sites excluding steroid dienone is 2. The molecule has 4 heteroatoms. The van der Waals surface area contributed by atoms with E-state index in [4.69, 9.17) is 4.74 Å². The number of aliphatic hydroxyl groups is 2. The molecule has 2 N–H and O–H groups in total. The molecule has 0 aromatic rings. The minimum atomic E-state index is -0.679. The van der Waals surface area contributed by atoms with Gasteiger partial charge in [-0.25, -0.2) is 4.79 Å². The number of hydrogen-bond acceptors (Lipinski definition) is 4. The molecule has 0 aromatic heterocycles. The van der Waals surface area contributed by atoms with Gasteiger partial charge in [0.1, 0.15) is 0 Å². The molecule has 0 heterocycles. The van der Waals surface area contributed by atoms with Gasteiger partial charge in [-0.15, -0.1) is 0 Å². The van der Waals surface area contributed by atoms with Crippen LogP contribution in [0.15, 0.2) is 23.3 Å². The van der Waals surface area contributed by atoms with Gasteiger partial charge in [0.2, 0.25) is 0 Å². The zero-order valence-electron chi connectivity index (χ0n) is 19.4. The third-order valence-electron chi connectivity index (χ3n) is 8.14. The SMILES string of the molecule is C/C=C(/C)C(=O)OC[C@@]1(C)CCC[C@]2(C)[C@@H]1CC[C@](C)(O)[C@H]2CC/C(C)=C/CO. The lowest BCUT2D eigenvalue weighted by molar-refractivity contribution is -0.185. The summed E-state index contributed by atoms with van der Waals surface area (Å²) in [4.78, 5) is 12.2. The fourth-order valence-corrected chi connectivity index (χ4v) is 6.34. The Morgan fingerprint density at radius 3 is 2.48 bits per heavy atom. The minimum Gasteiger partial charge on any atom is -0.462 e. The lowest BCUT2D eigenvalue weighted by atomic mass is 9.45. The van der Waals surface area contributed by atoms with E-state index in [-0.39, 0.29) is 29.3 Å².